The molecule has 30 heavy (non-hydrogen) atoms. The fourth-order valence-electron chi connectivity index (χ4n) is 6.14. The number of nitrogens with zero attached hydrogens (tertiary/aromatic N) is 1. The Bertz CT molecular complexity index is 839. The third kappa shape index (κ3) is 3.38. The first-order chi connectivity index (χ1) is 14.5. The van der Waals surface area contributed by atoms with E-state index in [0.29, 0.717) is 12.1 Å². The number of carbonyl (C=O) groups excluding carboxylic acids is 2. The summed E-state index contributed by atoms with van der Waals surface area (Å²) in [7, 11) is 0. The van der Waals surface area contributed by atoms with Gasteiger partial charge in [-0.1, -0.05) is 19.1 Å². The third-order valence-electron chi connectivity index (χ3n) is 7.82. The molecule has 2 amide bonds. The SMILES string of the molecule is CC12CCC(CC1C(=O)NCCN1CCOCC1)[C@]1(C2)NC(=O)c2ccccc2N1. The molecule has 7 heteroatoms. The molecule has 1 aromatic carbocycles. The van der Waals surface area contributed by atoms with Gasteiger partial charge in [0.2, 0.25) is 5.91 Å². The molecule has 2 aliphatic heterocycles. The second kappa shape index (κ2) is 7.54. The zero-order valence-electron chi connectivity index (χ0n) is 17.7. The third-order valence-corrected chi connectivity index (χ3v) is 7.82. The van der Waals surface area contributed by atoms with Crippen LogP contribution in [0.15, 0.2) is 24.3 Å². The van der Waals surface area contributed by atoms with Crippen LogP contribution in [0, 0.1) is 17.3 Å². The van der Waals surface area contributed by atoms with Crippen LogP contribution >= 0.6 is 0 Å². The number of para-hydroxylation sites is 1. The average Bonchev–Trinajstić information content (AvgIpc) is 2.74. The summed E-state index contributed by atoms with van der Waals surface area (Å²) in [6, 6.07) is 7.70. The smallest absolute Gasteiger partial charge is 0.255 e. The van der Waals surface area contributed by atoms with Crippen molar-refractivity contribution in [2.24, 2.45) is 17.3 Å². The summed E-state index contributed by atoms with van der Waals surface area (Å²) in [4.78, 5) is 28.2. The van der Waals surface area contributed by atoms with E-state index in [4.69, 9.17) is 4.74 Å². The molecule has 6 rings (SSSR count). The predicted octanol–water partition coefficient (Wildman–Crippen LogP) is 1.81. The van der Waals surface area contributed by atoms with Crippen molar-refractivity contribution in [1.29, 1.82) is 0 Å². The van der Waals surface area contributed by atoms with Crippen LogP contribution in [0.4, 0.5) is 5.69 Å². The van der Waals surface area contributed by atoms with Crippen LogP contribution in [0.25, 0.3) is 0 Å². The first-order valence-electron chi connectivity index (χ1n) is 11.3. The number of anilines is 1. The Morgan fingerprint density at radius 3 is 2.87 bits per heavy atom. The molecule has 7 nitrogen and oxygen atoms in total. The van der Waals surface area contributed by atoms with Crippen LogP contribution in [0.3, 0.4) is 0 Å². The standard InChI is InChI=1S/C23H32N4O3/c1-22-7-6-16(14-18(22)21(29)24-8-9-27-10-12-30-13-11-27)23(15-22)25-19-5-3-2-4-17(19)20(28)26-23/h2-5,16,18,25H,6-15H2,1H3,(H,24,29)(H,26,28)/t16?,18?,22?,23-/m0/s1. The number of rotatable bonds is 4. The fraction of sp³-hybridized carbons (Fsp3) is 0.652. The van der Waals surface area contributed by atoms with Gasteiger partial charge in [0.25, 0.3) is 5.91 Å². The van der Waals surface area contributed by atoms with E-state index in [2.05, 4.69) is 27.8 Å². The number of ether oxygens (including phenoxy) is 1. The molecule has 4 fully saturated rings. The van der Waals surface area contributed by atoms with Gasteiger partial charge in [-0.05, 0) is 43.2 Å². The Morgan fingerprint density at radius 2 is 2.07 bits per heavy atom. The summed E-state index contributed by atoms with van der Waals surface area (Å²) in [5.41, 5.74) is 1.05. The minimum Gasteiger partial charge on any atom is -0.379 e. The number of fused-ring (bicyclic) bond motifs is 3. The van der Waals surface area contributed by atoms with Gasteiger partial charge in [0.1, 0.15) is 5.66 Å². The molecule has 3 saturated carbocycles. The van der Waals surface area contributed by atoms with Crippen molar-refractivity contribution in [3.05, 3.63) is 29.8 Å². The highest BCUT2D eigenvalue weighted by atomic mass is 16.5. The fourth-order valence-corrected chi connectivity index (χ4v) is 6.14. The number of hydrogen-bond donors (Lipinski definition) is 3. The Hall–Kier alpha value is -2.12. The molecule has 162 valence electrons. The van der Waals surface area contributed by atoms with Gasteiger partial charge >= 0.3 is 0 Å². The van der Waals surface area contributed by atoms with E-state index in [0.717, 1.165) is 64.2 Å². The molecule has 5 aliphatic rings. The van der Waals surface area contributed by atoms with Crippen molar-refractivity contribution in [2.45, 2.75) is 38.3 Å². The van der Waals surface area contributed by atoms with Gasteiger partial charge in [0.05, 0.1) is 18.8 Å². The molecule has 1 saturated heterocycles. The molecule has 4 atom stereocenters. The minimum atomic E-state index is -0.441. The van der Waals surface area contributed by atoms with Gasteiger partial charge in [-0.25, -0.2) is 0 Å². The number of morpholine rings is 1. The lowest BCUT2D eigenvalue weighted by molar-refractivity contribution is -0.139. The van der Waals surface area contributed by atoms with Crippen molar-refractivity contribution in [3.8, 4) is 0 Å². The lowest BCUT2D eigenvalue weighted by atomic mass is 9.51. The van der Waals surface area contributed by atoms with Crippen molar-refractivity contribution < 1.29 is 14.3 Å². The largest absolute Gasteiger partial charge is 0.379 e. The molecule has 2 bridgehead atoms. The predicted molar refractivity (Wildman–Crippen MR) is 114 cm³/mol. The Balaban J connectivity index is 1.26. The van der Waals surface area contributed by atoms with E-state index in [-0.39, 0.29) is 29.1 Å². The van der Waals surface area contributed by atoms with Crippen molar-refractivity contribution >= 4 is 17.5 Å². The van der Waals surface area contributed by atoms with Gasteiger partial charge in [-0.15, -0.1) is 0 Å². The second-order valence-electron chi connectivity index (χ2n) is 9.70. The van der Waals surface area contributed by atoms with Crippen LogP contribution in [0.1, 0.15) is 43.0 Å². The maximum Gasteiger partial charge on any atom is 0.255 e. The van der Waals surface area contributed by atoms with E-state index >= 15 is 0 Å². The van der Waals surface area contributed by atoms with Gasteiger partial charge in [-0.3, -0.25) is 14.5 Å². The van der Waals surface area contributed by atoms with Gasteiger partial charge in [0.15, 0.2) is 0 Å². The summed E-state index contributed by atoms with van der Waals surface area (Å²) >= 11 is 0. The van der Waals surface area contributed by atoms with Crippen LogP contribution in [0.5, 0.6) is 0 Å². The van der Waals surface area contributed by atoms with Crippen molar-refractivity contribution in [3.63, 3.8) is 0 Å². The van der Waals surface area contributed by atoms with Crippen LogP contribution in [-0.4, -0.2) is 61.8 Å². The number of amides is 2. The highest BCUT2D eigenvalue weighted by molar-refractivity contribution is 6.02. The highest BCUT2D eigenvalue weighted by Gasteiger charge is 2.60. The summed E-state index contributed by atoms with van der Waals surface area (Å²) in [5, 5.41) is 10.1. The monoisotopic (exact) mass is 412 g/mol. The summed E-state index contributed by atoms with van der Waals surface area (Å²) in [6.45, 7) is 7.22. The molecule has 0 aromatic heterocycles. The highest BCUT2D eigenvalue weighted by Crippen LogP contribution is 2.58. The summed E-state index contributed by atoms with van der Waals surface area (Å²) in [6.07, 6.45) is 3.66. The van der Waals surface area contributed by atoms with Gasteiger partial charge in [0, 0.05) is 43.7 Å². The molecule has 2 heterocycles. The van der Waals surface area contributed by atoms with E-state index in [1.54, 1.807) is 0 Å². The van der Waals surface area contributed by atoms with Gasteiger partial charge in [-0.2, -0.15) is 0 Å². The van der Waals surface area contributed by atoms with E-state index in [1.807, 2.05) is 24.3 Å². The van der Waals surface area contributed by atoms with Crippen molar-refractivity contribution in [2.75, 3.05) is 44.7 Å². The van der Waals surface area contributed by atoms with Crippen molar-refractivity contribution in [1.82, 2.24) is 15.5 Å². The van der Waals surface area contributed by atoms with E-state index < -0.39 is 5.66 Å². The average molecular weight is 413 g/mol. The Labute approximate surface area is 177 Å². The lowest BCUT2D eigenvalue weighted by Crippen LogP contribution is -2.70. The molecule has 3 N–H and O–H groups in total. The Kier molecular flexibility index (Phi) is 4.98. The maximum atomic E-state index is 13.1. The summed E-state index contributed by atoms with van der Waals surface area (Å²) < 4.78 is 5.39. The van der Waals surface area contributed by atoms with E-state index in [9.17, 15) is 9.59 Å². The molecule has 3 aliphatic carbocycles. The molecular weight excluding hydrogens is 380 g/mol. The second-order valence-corrected chi connectivity index (χ2v) is 9.70. The molecule has 3 unspecified atom stereocenters. The number of benzene rings is 1. The first kappa shape index (κ1) is 19.8. The lowest BCUT2D eigenvalue weighted by Gasteiger charge is -2.60. The first-order valence-corrected chi connectivity index (χ1v) is 11.3. The van der Waals surface area contributed by atoms with E-state index in [1.165, 1.54) is 0 Å². The van der Waals surface area contributed by atoms with Crippen LogP contribution in [0.2, 0.25) is 0 Å². The zero-order chi connectivity index (χ0) is 20.8. The number of nitrogens with one attached hydrogen (secondary N) is 3. The van der Waals surface area contributed by atoms with Gasteiger partial charge < -0.3 is 20.7 Å². The summed E-state index contributed by atoms with van der Waals surface area (Å²) in [5.74, 6) is 0.425. The molecular formula is C23H32N4O3. The number of hydrogen-bond acceptors (Lipinski definition) is 5. The van der Waals surface area contributed by atoms with Crippen LogP contribution in [-0.2, 0) is 9.53 Å². The molecule has 0 radical (unpaired) electrons. The minimum absolute atomic E-state index is 0.00226. The molecule has 1 aromatic rings. The molecule has 1 spiro atoms. The Morgan fingerprint density at radius 1 is 1.27 bits per heavy atom. The topological polar surface area (TPSA) is 82.7 Å². The zero-order valence-corrected chi connectivity index (χ0v) is 17.7. The quantitative estimate of drug-likeness (QED) is 0.703. The maximum absolute atomic E-state index is 13.1. The normalized spacial score (nSPS) is 35.4. The van der Waals surface area contributed by atoms with Crippen LogP contribution < -0.4 is 16.0 Å². The number of carbonyl (C=O) groups is 2.